The number of pyridine rings is 2. The maximum absolute atomic E-state index is 12.8. The van der Waals surface area contributed by atoms with Crippen molar-refractivity contribution in [3.05, 3.63) is 53.6 Å². The summed E-state index contributed by atoms with van der Waals surface area (Å²) in [4.78, 5) is 22.6. The molecule has 28 heavy (non-hydrogen) atoms. The summed E-state index contributed by atoms with van der Waals surface area (Å²) in [5.74, 6) is 0.609. The number of aromatic nitrogens is 2. The Morgan fingerprint density at radius 3 is 2.75 bits per heavy atom. The van der Waals surface area contributed by atoms with E-state index in [1.54, 1.807) is 25.6 Å². The number of methoxy groups -OCH3 is 1. The lowest BCUT2D eigenvalue weighted by molar-refractivity contribution is -0.137. The van der Waals surface area contributed by atoms with Gasteiger partial charge in [0.2, 0.25) is 5.91 Å². The van der Waals surface area contributed by atoms with Gasteiger partial charge in [0.1, 0.15) is 5.75 Å². The number of piperidine rings is 1. The molecule has 2 aromatic rings. The Labute approximate surface area is 161 Å². The molecule has 2 aromatic heterocycles. The summed E-state index contributed by atoms with van der Waals surface area (Å²) in [6.07, 6.45) is 3.15. The summed E-state index contributed by atoms with van der Waals surface area (Å²) in [6, 6.07) is 4.03. The molecule has 150 valence electrons. The lowest BCUT2D eigenvalue weighted by Crippen LogP contribution is -2.45. The Kier molecular flexibility index (Phi) is 6.16. The van der Waals surface area contributed by atoms with Gasteiger partial charge in [-0.25, -0.2) is 0 Å². The van der Waals surface area contributed by atoms with Crippen LogP contribution in [0.25, 0.3) is 0 Å². The molecule has 0 aromatic carbocycles. The summed E-state index contributed by atoms with van der Waals surface area (Å²) in [5, 5.41) is 0. The van der Waals surface area contributed by atoms with Crippen LogP contribution in [0.3, 0.4) is 0 Å². The van der Waals surface area contributed by atoms with Crippen molar-refractivity contribution in [2.45, 2.75) is 44.3 Å². The van der Waals surface area contributed by atoms with Crippen LogP contribution in [0, 0.1) is 0 Å². The van der Waals surface area contributed by atoms with Crippen LogP contribution in [-0.2, 0) is 23.8 Å². The number of nitrogens with zero attached hydrogens (tertiary/aromatic N) is 3. The number of rotatable bonds is 5. The van der Waals surface area contributed by atoms with Crippen molar-refractivity contribution >= 4 is 5.91 Å². The zero-order chi connectivity index (χ0) is 20.1. The van der Waals surface area contributed by atoms with Gasteiger partial charge < -0.3 is 9.64 Å². The molecule has 0 spiro atoms. The molecule has 1 amide bonds. The first kappa shape index (κ1) is 20.1. The number of halogens is 3. The Bertz CT molecular complexity index is 809. The second-order valence-corrected chi connectivity index (χ2v) is 6.84. The number of carbonyl (C=O) groups is 1. The molecule has 1 aliphatic heterocycles. The Hall–Kier alpha value is -2.64. The maximum atomic E-state index is 12.8. The number of amides is 1. The summed E-state index contributed by atoms with van der Waals surface area (Å²) in [7, 11) is 1.60. The van der Waals surface area contributed by atoms with Gasteiger partial charge in [0.05, 0.1) is 19.1 Å². The Morgan fingerprint density at radius 2 is 2.07 bits per heavy atom. The molecule has 3 rings (SSSR count). The van der Waals surface area contributed by atoms with Gasteiger partial charge in [-0.15, -0.1) is 0 Å². The minimum atomic E-state index is -4.43. The highest BCUT2D eigenvalue weighted by Crippen LogP contribution is 2.29. The van der Waals surface area contributed by atoms with Crippen LogP contribution < -0.4 is 4.74 Å². The van der Waals surface area contributed by atoms with Gasteiger partial charge in [0, 0.05) is 42.4 Å². The Balaban J connectivity index is 1.70. The van der Waals surface area contributed by atoms with Crippen molar-refractivity contribution in [3.63, 3.8) is 0 Å². The van der Waals surface area contributed by atoms with Crippen molar-refractivity contribution in [1.29, 1.82) is 0 Å². The zero-order valence-corrected chi connectivity index (χ0v) is 15.6. The molecule has 5 nitrogen and oxygen atoms in total. The molecule has 1 saturated heterocycles. The molecule has 0 aliphatic carbocycles. The molecule has 8 heteroatoms. The standard InChI is InChI=1S/C20H22F3N3O2/c1-28-18-7-8-24-12-14(18)10-17-4-2-3-9-26(17)19(27)11-16-6-5-15(13-25-16)20(21,22)23/h5-8,12-13,17H,2-4,9-11H2,1H3/t17-/m1/s1. The van der Waals surface area contributed by atoms with E-state index >= 15 is 0 Å². The number of likely N-dealkylation sites (tertiary alicyclic amines) is 1. The van der Waals surface area contributed by atoms with Crippen LogP contribution in [0.15, 0.2) is 36.8 Å². The zero-order valence-electron chi connectivity index (χ0n) is 15.6. The number of ether oxygens (including phenoxy) is 1. The predicted molar refractivity (Wildman–Crippen MR) is 96.8 cm³/mol. The highest BCUT2D eigenvalue weighted by Gasteiger charge is 2.31. The molecule has 0 bridgehead atoms. The first-order valence-electron chi connectivity index (χ1n) is 9.17. The van der Waals surface area contributed by atoms with Crippen molar-refractivity contribution in [2.75, 3.05) is 13.7 Å². The molecular formula is C20H22F3N3O2. The molecule has 0 saturated carbocycles. The average Bonchev–Trinajstić information content (AvgIpc) is 2.68. The third-order valence-electron chi connectivity index (χ3n) is 4.97. The van der Waals surface area contributed by atoms with Gasteiger partial charge in [0.15, 0.2) is 0 Å². The predicted octanol–water partition coefficient (Wildman–Crippen LogP) is 3.67. The second kappa shape index (κ2) is 8.58. The normalized spacial score (nSPS) is 17.4. The van der Waals surface area contributed by atoms with Crippen molar-refractivity contribution in [3.8, 4) is 5.75 Å². The van der Waals surface area contributed by atoms with E-state index in [2.05, 4.69) is 9.97 Å². The van der Waals surface area contributed by atoms with E-state index in [1.807, 2.05) is 4.90 Å². The second-order valence-electron chi connectivity index (χ2n) is 6.84. The van der Waals surface area contributed by atoms with E-state index in [-0.39, 0.29) is 18.4 Å². The fourth-order valence-electron chi connectivity index (χ4n) is 3.52. The van der Waals surface area contributed by atoms with E-state index in [0.717, 1.165) is 42.8 Å². The van der Waals surface area contributed by atoms with Gasteiger partial charge in [-0.2, -0.15) is 13.2 Å². The fourth-order valence-corrected chi connectivity index (χ4v) is 3.52. The third-order valence-corrected chi connectivity index (χ3v) is 4.97. The SMILES string of the molecule is COc1ccncc1C[C@H]1CCCCN1C(=O)Cc1ccc(C(F)(F)F)cn1. The van der Waals surface area contributed by atoms with E-state index in [0.29, 0.717) is 18.7 Å². The summed E-state index contributed by atoms with van der Waals surface area (Å²) >= 11 is 0. The topological polar surface area (TPSA) is 55.3 Å². The molecule has 1 fully saturated rings. The highest BCUT2D eigenvalue weighted by atomic mass is 19.4. The minimum Gasteiger partial charge on any atom is -0.496 e. The van der Waals surface area contributed by atoms with Gasteiger partial charge in [-0.3, -0.25) is 14.8 Å². The quantitative estimate of drug-likeness (QED) is 0.778. The van der Waals surface area contributed by atoms with E-state index in [9.17, 15) is 18.0 Å². The van der Waals surface area contributed by atoms with Gasteiger partial charge in [-0.1, -0.05) is 0 Å². The first-order valence-corrected chi connectivity index (χ1v) is 9.17. The van der Waals surface area contributed by atoms with Gasteiger partial charge in [0.25, 0.3) is 0 Å². The number of carbonyl (C=O) groups excluding carboxylic acids is 1. The number of hydrogen-bond acceptors (Lipinski definition) is 4. The van der Waals surface area contributed by atoms with Crippen LogP contribution in [0.5, 0.6) is 5.75 Å². The maximum Gasteiger partial charge on any atom is 0.417 e. The molecule has 0 radical (unpaired) electrons. The van der Waals surface area contributed by atoms with Crippen LogP contribution in [0.1, 0.15) is 36.1 Å². The summed E-state index contributed by atoms with van der Waals surface area (Å²) in [5.41, 5.74) is 0.451. The highest BCUT2D eigenvalue weighted by molar-refractivity contribution is 5.78. The van der Waals surface area contributed by atoms with Crippen LogP contribution in [-0.4, -0.2) is 40.5 Å². The fraction of sp³-hybridized carbons (Fsp3) is 0.450. The third kappa shape index (κ3) is 4.79. The molecular weight excluding hydrogens is 371 g/mol. The van der Waals surface area contributed by atoms with Crippen molar-refractivity contribution in [1.82, 2.24) is 14.9 Å². The van der Waals surface area contributed by atoms with Gasteiger partial charge in [-0.05, 0) is 43.9 Å². The largest absolute Gasteiger partial charge is 0.496 e. The Morgan fingerprint density at radius 1 is 1.25 bits per heavy atom. The van der Waals surface area contributed by atoms with E-state index in [4.69, 9.17) is 4.74 Å². The molecule has 1 aliphatic rings. The molecule has 1 atom stereocenters. The number of hydrogen-bond donors (Lipinski definition) is 0. The lowest BCUT2D eigenvalue weighted by Gasteiger charge is -2.36. The van der Waals surface area contributed by atoms with Gasteiger partial charge >= 0.3 is 6.18 Å². The summed E-state index contributed by atoms with van der Waals surface area (Å²) in [6.45, 7) is 0.632. The van der Waals surface area contributed by atoms with E-state index in [1.165, 1.54) is 6.07 Å². The monoisotopic (exact) mass is 393 g/mol. The van der Waals surface area contributed by atoms with Crippen LogP contribution >= 0.6 is 0 Å². The van der Waals surface area contributed by atoms with Crippen molar-refractivity contribution < 1.29 is 22.7 Å². The molecule has 0 N–H and O–H groups in total. The number of alkyl halides is 3. The van der Waals surface area contributed by atoms with E-state index < -0.39 is 11.7 Å². The van der Waals surface area contributed by atoms with Crippen molar-refractivity contribution in [2.24, 2.45) is 0 Å². The van der Waals surface area contributed by atoms with Crippen LogP contribution in [0.4, 0.5) is 13.2 Å². The smallest absolute Gasteiger partial charge is 0.417 e. The summed E-state index contributed by atoms with van der Waals surface area (Å²) < 4.78 is 43.4. The van der Waals surface area contributed by atoms with Crippen LogP contribution in [0.2, 0.25) is 0 Å². The molecule has 0 unspecified atom stereocenters. The molecule has 3 heterocycles. The average molecular weight is 393 g/mol. The first-order chi connectivity index (χ1) is 13.4. The lowest BCUT2D eigenvalue weighted by atomic mass is 9.95. The minimum absolute atomic E-state index is 0.00815.